The van der Waals surface area contributed by atoms with E-state index in [9.17, 15) is 9.59 Å². The molecule has 1 amide bonds. The molecule has 0 aliphatic heterocycles. The van der Waals surface area contributed by atoms with Gasteiger partial charge in [-0.3, -0.25) is 14.5 Å². The normalized spacial score (nSPS) is 11.8. The van der Waals surface area contributed by atoms with E-state index in [4.69, 9.17) is 16.7 Å². The van der Waals surface area contributed by atoms with Crippen LogP contribution in [0.3, 0.4) is 0 Å². The molecule has 1 heterocycles. The second kappa shape index (κ2) is 11.6. The summed E-state index contributed by atoms with van der Waals surface area (Å²) >= 11 is 6.02. The molecule has 182 valence electrons. The number of carbonyl (C=O) groups excluding carboxylic acids is 1. The lowest BCUT2D eigenvalue weighted by molar-refractivity contribution is -0.122. The molecule has 0 atom stereocenters. The number of rotatable bonds is 10. The van der Waals surface area contributed by atoms with Crippen molar-refractivity contribution < 1.29 is 4.79 Å². The van der Waals surface area contributed by atoms with E-state index in [1.54, 1.807) is 4.68 Å². The minimum atomic E-state index is -0.0645. The fourth-order valence-electron chi connectivity index (χ4n) is 3.77. The molecule has 6 nitrogen and oxygen atoms in total. The second-order valence-corrected chi connectivity index (χ2v) is 10.5. The quantitative estimate of drug-likeness (QED) is 0.431. The Morgan fingerprint density at radius 1 is 1.06 bits per heavy atom. The zero-order chi connectivity index (χ0) is 24.7. The Morgan fingerprint density at radius 2 is 1.74 bits per heavy atom. The maximum atomic E-state index is 13.0. The van der Waals surface area contributed by atoms with E-state index in [1.807, 2.05) is 60.5 Å². The van der Waals surface area contributed by atoms with Gasteiger partial charge >= 0.3 is 0 Å². The van der Waals surface area contributed by atoms with Gasteiger partial charge in [0.15, 0.2) is 0 Å². The minimum Gasteiger partial charge on any atom is -0.354 e. The number of likely N-dealkylation sites (N-methyl/N-ethyl adjacent to an activating group) is 1. The Morgan fingerprint density at radius 3 is 2.41 bits per heavy atom. The molecular weight excluding hydrogens is 448 g/mol. The lowest BCUT2D eigenvalue weighted by Gasteiger charge is -2.21. The predicted molar refractivity (Wildman–Crippen MR) is 139 cm³/mol. The van der Waals surface area contributed by atoms with Gasteiger partial charge in [-0.1, -0.05) is 62.7 Å². The molecule has 1 N–H and O–H groups in total. The number of nitrogens with one attached hydrogen (secondary N) is 1. The standard InChI is InChI=1S/C27H35ClN4O2/c1-27(2,3)19-29-25(33)18-31(4)15-7-8-16-32-26(34)23-10-6-5-9-22(23)24(30-32)17-20-11-13-21(28)14-12-20/h5-6,9-14H,7-8,15-19H2,1-4H3,(H,29,33). The van der Waals surface area contributed by atoms with E-state index < -0.39 is 0 Å². The Hall–Kier alpha value is -2.70. The van der Waals surface area contributed by atoms with Gasteiger partial charge in [-0.2, -0.15) is 5.10 Å². The van der Waals surface area contributed by atoms with Crippen molar-refractivity contribution in [1.29, 1.82) is 0 Å². The zero-order valence-corrected chi connectivity index (χ0v) is 21.4. The largest absolute Gasteiger partial charge is 0.354 e. The molecule has 0 radical (unpaired) electrons. The number of unbranched alkanes of at least 4 members (excludes halogenated alkanes) is 1. The Bertz CT molecular complexity index is 1170. The van der Waals surface area contributed by atoms with Gasteiger partial charge in [0, 0.05) is 29.9 Å². The van der Waals surface area contributed by atoms with Crippen LogP contribution in [0.15, 0.2) is 53.3 Å². The van der Waals surface area contributed by atoms with E-state index in [0.29, 0.717) is 36.5 Å². The van der Waals surface area contributed by atoms with Crippen molar-refractivity contribution in [3.63, 3.8) is 0 Å². The van der Waals surface area contributed by atoms with Crippen LogP contribution in [0.1, 0.15) is 44.9 Å². The van der Waals surface area contributed by atoms with E-state index >= 15 is 0 Å². The Labute approximate surface area is 206 Å². The summed E-state index contributed by atoms with van der Waals surface area (Å²) in [6.45, 7) is 8.65. The summed E-state index contributed by atoms with van der Waals surface area (Å²) in [7, 11) is 1.95. The van der Waals surface area contributed by atoms with Crippen molar-refractivity contribution in [2.24, 2.45) is 5.41 Å². The summed E-state index contributed by atoms with van der Waals surface area (Å²) in [6.07, 6.45) is 2.31. The van der Waals surface area contributed by atoms with E-state index in [0.717, 1.165) is 36.0 Å². The fourth-order valence-corrected chi connectivity index (χ4v) is 3.90. The number of aryl methyl sites for hydroxylation is 1. The first-order valence-electron chi connectivity index (χ1n) is 11.8. The highest BCUT2D eigenvalue weighted by molar-refractivity contribution is 6.30. The summed E-state index contributed by atoms with van der Waals surface area (Å²) in [4.78, 5) is 27.2. The molecule has 3 rings (SSSR count). The van der Waals surface area contributed by atoms with Crippen molar-refractivity contribution in [3.05, 3.63) is 75.2 Å². The average Bonchev–Trinajstić information content (AvgIpc) is 2.79. The van der Waals surface area contributed by atoms with Crippen LogP contribution in [0.4, 0.5) is 0 Å². The third-order valence-corrected chi connectivity index (χ3v) is 5.87. The summed E-state index contributed by atoms with van der Waals surface area (Å²) < 4.78 is 1.59. The van der Waals surface area contributed by atoms with Gasteiger partial charge in [0.1, 0.15) is 0 Å². The number of halogens is 1. The molecule has 0 spiro atoms. The highest BCUT2D eigenvalue weighted by Crippen LogP contribution is 2.18. The molecule has 1 aromatic heterocycles. The smallest absolute Gasteiger partial charge is 0.274 e. The maximum absolute atomic E-state index is 13.0. The highest BCUT2D eigenvalue weighted by atomic mass is 35.5. The number of fused-ring (bicyclic) bond motifs is 1. The van der Waals surface area contributed by atoms with Crippen molar-refractivity contribution in [2.75, 3.05) is 26.7 Å². The van der Waals surface area contributed by atoms with Crippen molar-refractivity contribution in [3.8, 4) is 0 Å². The number of hydrogen-bond acceptors (Lipinski definition) is 4. The van der Waals surface area contributed by atoms with Crippen LogP contribution in [-0.2, 0) is 17.8 Å². The average molecular weight is 483 g/mol. The first-order chi connectivity index (χ1) is 16.1. The topological polar surface area (TPSA) is 67.2 Å². The van der Waals surface area contributed by atoms with Crippen LogP contribution in [0.25, 0.3) is 10.8 Å². The van der Waals surface area contributed by atoms with E-state index in [2.05, 4.69) is 26.1 Å². The Balaban J connectivity index is 1.61. The number of carbonyl (C=O) groups is 1. The molecule has 34 heavy (non-hydrogen) atoms. The van der Waals surface area contributed by atoms with Crippen molar-refractivity contribution in [2.45, 2.75) is 46.6 Å². The van der Waals surface area contributed by atoms with Gasteiger partial charge in [-0.05, 0) is 55.6 Å². The summed E-state index contributed by atoms with van der Waals surface area (Å²) in [5.74, 6) is 0.0386. The van der Waals surface area contributed by atoms with Crippen LogP contribution < -0.4 is 10.9 Å². The SMILES string of the molecule is CN(CCCCn1nc(Cc2ccc(Cl)cc2)c2ccccc2c1=O)CC(=O)NCC(C)(C)C. The van der Waals surface area contributed by atoms with Crippen molar-refractivity contribution >= 4 is 28.3 Å². The highest BCUT2D eigenvalue weighted by Gasteiger charge is 2.14. The number of benzene rings is 2. The third-order valence-electron chi connectivity index (χ3n) is 5.62. The summed E-state index contributed by atoms with van der Waals surface area (Å²) in [5, 5.41) is 9.98. The summed E-state index contributed by atoms with van der Waals surface area (Å²) in [5.41, 5.74) is 1.98. The maximum Gasteiger partial charge on any atom is 0.274 e. The molecule has 7 heteroatoms. The number of amides is 1. The molecule has 0 fully saturated rings. The van der Waals surface area contributed by atoms with Crippen LogP contribution in [0.2, 0.25) is 5.02 Å². The predicted octanol–water partition coefficient (Wildman–Crippen LogP) is 4.52. The number of hydrogen-bond donors (Lipinski definition) is 1. The first kappa shape index (κ1) is 25.9. The monoisotopic (exact) mass is 482 g/mol. The number of nitrogens with zero attached hydrogens (tertiary/aromatic N) is 3. The Kier molecular flexibility index (Phi) is 8.86. The molecule has 0 aliphatic rings. The molecule has 0 aliphatic carbocycles. The minimum absolute atomic E-state index is 0.0386. The van der Waals surface area contributed by atoms with E-state index in [-0.39, 0.29) is 16.9 Å². The van der Waals surface area contributed by atoms with Gasteiger partial charge in [0.25, 0.3) is 5.56 Å². The van der Waals surface area contributed by atoms with Crippen LogP contribution in [0.5, 0.6) is 0 Å². The molecule has 0 saturated heterocycles. The van der Waals surface area contributed by atoms with Gasteiger partial charge in [-0.15, -0.1) is 0 Å². The molecule has 2 aromatic carbocycles. The van der Waals surface area contributed by atoms with Crippen LogP contribution >= 0.6 is 11.6 Å². The molecule has 0 bridgehead atoms. The van der Waals surface area contributed by atoms with Gasteiger partial charge in [-0.25, -0.2) is 4.68 Å². The van der Waals surface area contributed by atoms with Crippen molar-refractivity contribution in [1.82, 2.24) is 20.0 Å². The van der Waals surface area contributed by atoms with Gasteiger partial charge in [0.2, 0.25) is 5.91 Å². The lowest BCUT2D eigenvalue weighted by atomic mass is 9.97. The van der Waals surface area contributed by atoms with Crippen LogP contribution in [-0.4, -0.2) is 47.3 Å². The fraction of sp³-hybridized carbons (Fsp3) is 0.444. The second-order valence-electron chi connectivity index (χ2n) is 10.1. The number of aromatic nitrogens is 2. The molecule has 3 aromatic rings. The molecular formula is C27H35ClN4O2. The molecule has 0 saturated carbocycles. The first-order valence-corrected chi connectivity index (χ1v) is 12.2. The van der Waals surface area contributed by atoms with Crippen LogP contribution in [0, 0.1) is 5.41 Å². The van der Waals surface area contributed by atoms with Gasteiger partial charge in [0.05, 0.1) is 17.6 Å². The molecule has 0 unspecified atom stereocenters. The summed E-state index contributed by atoms with van der Waals surface area (Å²) in [6, 6.07) is 15.4. The lowest BCUT2D eigenvalue weighted by Crippen LogP contribution is -2.39. The zero-order valence-electron chi connectivity index (χ0n) is 20.6. The third kappa shape index (κ3) is 7.67. The van der Waals surface area contributed by atoms with Gasteiger partial charge < -0.3 is 5.32 Å². The van der Waals surface area contributed by atoms with E-state index in [1.165, 1.54) is 0 Å².